The fourth-order valence-corrected chi connectivity index (χ4v) is 1.22. The minimum Gasteiger partial charge on any atom is -0.399 e. The van der Waals surface area contributed by atoms with Gasteiger partial charge in [-0.1, -0.05) is 20.3 Å². The molecule has 0 aliphatic carbocycles. The van der Waals surface area contributed by atoms with Crippen LogP contribution in [0.5, 0.6) is 0 Å². The van der Waals surface area contributed by atoms with Gasteiger partial charge < -0.3 is 11.1 Å². The molecule has 1 rings (SSSR count). The lowest BCUT2D eigenvalue weighted by atomic mass is 10.1. The van der Waals surface area contributed by atoms with Gasteiger partial charge in [0.2, 0.25) is 0 Å². The first-order chi connectivity index (χ1) is 7.54. The zero-order chi connectivity index (χ0) is 12.1. The number of amides is 1. The van der Waals surface area contributed by atoms with Gasteiger partial charge in [-0.25, -0.2) is 4.39 Å². The van der Waals surface area contributed by atoms with Gasteiger partial charge in [0, 0.05) is 12.2 Å². The number of hydrogen-bond acceptors (Lipinski definition) is 2. The maximum Gasteiger partial charge on any atom is 0.254 e. The lowest BCUT2D eigenvalue weighted by molar-refractivity contribution is 0.0944. The molecule has 1 aromatic rings. The van der Waals surface area contributed by atoms with Crippen LogP contribution < -0.4 is 11.1 Å². The normalized spacial score (nSPS) is 12.2. The predicted molar refractivity (Wildman–Crippen MR) is 62.6 cm³/mol. The van der Waals surface area contributed by atoms with E-state index in [9.17, 15) is 9.18 Å². The van der Waals surface area contributed by atoms with Crippen LogP contribution >= 0.6 is 0 Å². The molecular weight excluding hydrogens is 207 g/mol. The maximum atomic E-state index is 13.3. The number of carbonyl (C=O) groups excluding carboxylic acids is 1. The van der Waals surface area contributed by atoms with E-state index in [2.05, 4.69) is 5.32 Å². The summed E-state index contributed by atoms with van der Waals surface area (Å²) in [4.78, 5) is 11.6. The van der Waals surface area contributed by atoms with Gasteiger partial charge in [-0.2, -0.15) is 0 Å². The first-order valence-electron chi connectivity index (χ1n) is 5.37. The molecule has 0 heterocycles. The average Bonchev–Trinajstić information content (AvgIpc) is 2.28. The van der Waals surface area contributed by atoms with Crippen molar-refractivity contribution in [3.05, 3.63) is 29.6 Å². The van der Waals surface area contributed by atoms with Crippen LogP contribution in [0.1, 0.15) is 30.6 Å². The summed E-state index contributed by atoms with van der Waals surface area (Å²) in [5, 5.41) is 2.68. The van der Waals surface area contributed by atoms with Crippen molar-refractivity contribution in [2.24, 2.45) is 5.92 Å². The van der Waals surface area contributed by atoms with Gasteiger partial charge in [-0.15, -0.1) is 0 Å². The summed E-state index contributed by atoms with van der Waals surface area (Å²) in [6, 6.07) is 3.98. The number of carbonyl (C=O) groups is 1. The van der Waals surface area contributed by atoms with Crippen molar-refractivity contribution in [3.8, 4) is 0 Å². The molecule has 0 spiro atoms. The van der Waals surface area contributed by atoms with Gasteiger partial charge in [0.15, 0.2) is 0 Å². The number of nitrogens with two attached hydrogens (primary N) is 1. The van der Waals surface area contributed by atoms with E-state index >= 15 is 0 Å². The van der Waals surface area contributed by atoms with E-state index in [1.165, 1.54) is 18.2 Å². The Labute approximate surface area is 94.8 Å². The summed E-state index contributed by atoms with van der Waals surface area (Å²) < 4.78 is 13.3. The standard InChI is InChI=1S/C12H17FN2O/c1-3-8(2)7-15-12(16)10-6-9(14)4-5-11(10)13/h4-6,8H,3,7,14H2,1-2H3,(H,15,16). The fourth-order valence-electron chi connectivity index (χ4n) is 1.22. The van der Waals surface area contributed by atoms with E-state index in [0.717, 1.165) is 6.42 Å². The molecule has 0 aliphatic rings. The summed E-state index contributed by atoms with van der Waals surface area (Å²) in [5.74, 6) is -0.575. The SMILES string of the molecule is CCC(C)CNC(=O)c1cc(N)ccc1F. The van der Waals surface area contributed by atoms with Gasteiger partial charge in [-0.05, 0) is 24.1 Å². The van der Waals surface area contributed by atoms with E-state index < -0.39 is 11.7 Å². The van der Waals surface area contributed by atoms with Gasteiger partial charge in [0.1, 0.15) is 5.82 Å². The molecule has 1 atom stereocenters. The number of anilines is 1. The summed E-state index contributed by atoms with van der Waals surface area (Å²) in [6.07, 6.45) is 0.972. The van der Waals surface area contributed by atoms with Crippen LogP contribution in [-0.2, 0) is 0 Å². The minimum absolute atomic E-state index is 0.00306. The summed E-state index contributed by atoms with van der Waals surface area (Å²) in [7, 11) is 0. The molecule has 0 bridgehead atoms. The molecule has 0 radical (unpaired) electrons. The largest absolute Gasteiger partial charge is 0.399 e. The summed E-state index contributed by atoms with van der Waals surface area (Å²) in [5.41, 5.74) is 5.89. The van der Waals surface area contributed by atoms with Crippen molar-refractivity contribution >= 4 is 11.6 Å². The highest BCUT2D eigenvalue weighted by atomic mass is 19.1. The highest BCUT2D eigenvalue weighted by Gasteiger charge is 2.12. The van der Waals surface area contributed by atoms with E-state index in [4.69, 9.17) is 5.73 Å². The molecule has 0 aromatic heterocycles. The predicted octanol–water partition coefficient (Wildman–Crippen LogP) is 2.18. The average molecular weight is 224 g/mol. The molecule has 0 saturated heterocycles. The zero-order valence-corrected chi connectivity index (χ0v) is 9.59. The van der Waals surface area contributed by atoms with Crippen LogP contribution in [-0.4, -0.2) is 12.5 Å². The molecule has 3 nitrogen and oxygen atoms in total. The van der Waals surface area contributed by atoms with Crippen LogP contribution in [0.15, 0.2) is 18.2 Å². The van der Waals surface area contributed by atoms with Crippen molar-refractivity contribution in [2.45, 2.75) is 20.3 Å². The molecule has 1 unspecified atom stereocenters. The molecule has 1 aromatic carbocycles. The zero-order valence-electron chi connectivity index (χ0n) is 9.59. The molecule has 0 saturated carbocycles. The van der Waals surface area contributed by atoms with Crippen molar-refractivity contribution in [2.75, 3.05) is 12.3 Å². The Balaban J connectivity index is 2.69. The minimum atomic E-state index is -0.546. The highest BCUT2D eigenvalue weighted by molar-refractivity contribution is 5.95. The fraction of sp³-hybridized carbons (Fsp3) is 0.417. The maximum absolute atomic E-state index is 13.3. The number of hydrogen-bond donors (Lipinski definition) is 2. The van der Waals surface area contributed by atoms with Gasteiger partial charge >= 0.3 is 0 Å². The molecule has 16 heavy (non-hydrogen) atoms. The molecular formula is C12H17FN2O. The molecule has 1 amide bonds. The Bertz CT molecular complexity index is 379. The number of nitrogen functional groups attached to an aromatic ring is 1. The monoisotopic (exact) mass is 224 g/mol. The second kappa shape index (κ2) is 5.49. The summed E-state index contributed by atoms with van der Waals surface area (Å²) >= 11 is 0. The number of benzene rings is 1. The van der Waals surface area contributed by atoms with Crippen molar-refractivity contribution in [1.82, 2.24) is 5.32 Å². The Morgan fingerprint density at radius 3 is 2.88 bits per heavy atom. The van der Waals surface area contributed by atoms with Crippen LogP contribution in [0.4, 0.5) is 10.1 Å². The highest BCUT2D eigenvalue weighted by Crippen LogP contribution is 2.12. The van der Waals surface area contributed by atoms with Crippen molar-refractivity contribution in [1.29, 1.82) is 0 Å². The first-order valence-corrected chi connectivity index (χ1v) is 5.37. The third-order valence-corrected chi connectivity index (χ3v) is 2.54. The Morgan fingerprint density at radius 2 is 2.25 bits per heavy atom. The molecule has 3 N–H and O–H groups in total. The van der Waals surface area contributed by atoms with E-state index in [1.807, 2.05) is 13.8 Å². The van der Waals surface area contributed by atoms with E-state index in [0.29, 0.717) is 18.2 Å². The van der Waals surface area contributed by atoms with Gasteiger partial charge in [0.05, 0.1) is 5.56 Å². The lowest BCUT2D eigenvalue weighted by Gasteiger charge is -2.10. The van der Waals surface area contributed by atoms with Crippen molar-refractivity contribution < 1.29 is 9.18 Å². The number of rotatable bonds is 4. The van der Waals surface area contributed by atoms with Crippen LogP contribution in [0.25, 0.3) is 0 Å². The quantitative estimate of drug-likeness (QED) is 0.770. The Hall–Kier alpha value is -1.58. The molecule has 0 fully saturated rings. The summed E-state index contributed by atoms with van der Waals surface area (Å²) in [6.45, 7) is 4.61. The van der Waals surface area contributed by atoms with Crippen molar-refractivity contribution in [3.63, 3.8) is 0 Å². The molecule has 0 aliphatic heterocycles. The van der Waals surface area contributed by atoms with Crippen LogP contribution in [0, 0.1) is 11.7 Å². The van der Waals surface area contributed by atoms with Crippen LogP contribution in [0.2, 0.25) is 0 Å². The van der Waals surface area contributed by atoms with Crippen LogP contribution in [0.3, 0.4) is 0 Å². The van der Waals surface area contributed by atoms with E-state index in [-0.39, 0.29) is 5.56 Å². The smallest absolute Gasteiger partial charge is 0.254 e. The second-order valence-corrected chi connectivity index (χ2v) is 3.96. The Morgan fingerprint density at radius 1 is 1.56 bits per heavy atom. The van der Waals surface area contributed by atoms with E-state index in [1.54, 1.807) is 0 Å². The second-order valence-electron chi connectivity index (χ2n) is 3.96. The van der Waals surface area contributed by atoms with Gasteiger partial charge in [0.25, 0.3) is 5.91 Å². The Kier molecular flexibility index (Phi) is 4.28. The topological polar surface area (TPSA) is 55.1 Å². The first kappa shape index (κ1) is 12.5. The molecule has 4 heteroatoms. The molecule has 88 valence electrons. The lowest BCUT2D eigenvalue weighted by Crippen LogP contribution is -2.28. The third-order valence-electron chi connectivity index (χ3n) is 2.54. The third kappa shape index (κ3) is 3.22. The number of halogens is 1. The number of nitrogens with one attached hydrogen (secondary N) is 1. The van der Waals surface area contributed by atoms with Gasteiger partial charge in [-0.3, -0.25) is 4.79 Å².